The molecule has 0 radical (unpaired) electrons. The van der Waals surface area contributed by atoms with Gasteiger partial charge < -0.3 is 10.6 Å². The summed E-state index contributed by atoms with van der Waals surface area (Å²) in [4.78, 5) is 23.1. The van der Waals surface area contributed by atoms with E-state index in [4.69, 9.17) is 0 Å². The number of aromatic nitrogens is 2. The zero-order chi connectivity index (χ0) is 14.8. The molecule has 2 N–H and O–H groups in total. The van der Waals surface area contributed by atoms with Gasteiger partial charge in [0.05, 0.1) is 23.8 Å². The minimum absolute atomic E-state index is 0.0842. The standard InChI is InChI=1S/C14H13BrN4O2/c15-10-3-1-2-4-12(10)19-8-9(7-16-19)17-14(21)11-5-6-13(20)18-11/h1-4,7-8,11H,5-6H2,(H,17,21)(H,18,20)/t11-/m1/s1. The lowest BCUT2D eigenvalue weighted by Gasteiger charge is -2.09. The Hall–Kier alpha value is -2.15. The molecule has 1 aliphatic rings. The summed E-state index contributed by atoms with van der Waals surface area (Å²) in [6.07, 6.45) is 4.24. The van der Waals surface area contributed by atoms with Crippen LogP contribution in [0, 0.1) is 0 Å². The van der Waals surface area contributed by atoms with E-state index in [0.717, 1.165) is 10.2 Å². The van der Waals surface area contributed by atoms with Crippen LogP contribution >= 0.6 is 15.9 Å². The van der Waals surface area contributed by atoms with Crippen molar-refractivity contribution in [3.8, 4) is 5.69 Å². The van der Waals surface area contributed by atoms with E-state index in [1.807, 2.05) is 24.3 Å². The maximum Gasteiger partial charge on any atom is 0.247 e. The lowest BCUT2D eigenvalue weighted by molar-refractivity contribution is -0.122. The van der Waals surface area contributed by atoms with Crippen LogP contribution in [0.15, 0.2) is 41.1 Å². The molecule has 2 amide bonds. The molecule has 108 valence electrons. The van der Waals surface area contributed by atoms with Crippen molar-refractivity contribution in [1.82, 2.24) is 15.1 Å². The number of hydrogen-bond acceptors (Lipinski definition) is 3. The summed E-state index contributed by atoms with van der Waals surface area (Å²) in [5.74, 6) is -0.299. The second kappa shape index (κ2) is 5.69. The molecule has 21 heavy (non-hydrogen) atoms. The third-order valence-electron chi connectivity index (χ3n) is 3.26. The van der Waals surface area contributed by atoms with Gasteiger partial charge in [0.2, 0.25) is 11.8 Å². The summed E-state index contributed by atoms with van der Waals surface area (Å²) in [5.41, 5.74) is 1.48. The Bertz CT molecular complexity index is 698. The second-order valence-electron chi connectivity index (χ2n) is 4.77. The summed E-state index contributed by atoms with van der Waals surface area (Å²) in [7, 11) is 0. The molecular weight excluding hydrogens is 336 g/mol. The van der Waals surface area contributed by atoms with Crippen molar-refractivity contribution in [2.24, 2.45) is 0 Å². The molecule has 0 bridgehead atoms. The number of amides is 2. The highest BCUT2D eigenvalue weighted by Gasteiger charge is 2.27. The van der Waals surface area contributed by atoms with Crippen LogP contribution in [0.1, 0.15) is 12.8 Å². The average molecular weight is 349 g/mol. The van der Waals surface area contributed by atoms with Crippen LogP contribution in [0.4, 0.5) is 5.69 Å². The fourth-order valence-electron chi connectivity index (χ4n) is 2.20. The molecule has 0 aliphatic carbocycles. The molecule has 1 aromatic carbocycles. The Balaban J connectivity index is 1.72. The number of benzene rings is 1. The van der Waals surface area contributed by atoms with Gasteiger partial charge in [-0.05, 0) is 34.5 Å². The predicted octanol–water partition coefficient (Wildman–Crippen LogP) is 1.85. The van der Waals surface area contributed by atoms with Gasteiger partial charge in [0, 0.05) is 10.9 Å². The highest BCUT2D eigenvalue weighted by atomic mass is 79.9. The average Bonchev–Trinajstić information content (AvgIpc) is 3.08. The fourth-order valence-corrected chi connectivity index (χ4v) is 2.66. The molecule has 2 aromatic rings. The normalized spacial score (nSPS) is 17.6. The summed E-state index contributed by atoms with van der Waals surface area (Å²) >= 11 is 3.46. The summed E-state index contributed by atoms with van der Waals surface area (Å²) in [5, 5.41) is 9.62. The first-order chi connectivity index (χ1) is 10.1. The van der Waals surface area contributed by atoms with E-state index in [2.05, 4.69) is 31.7 Å². The van der Waals surface area contributed by atoms with E-state index in [0.29, 0.717) is 18.5 Å². The van der Waals surface area contributed by atoms with Crippen LogP contribution in [0.5, 0.6) is 0 Å². The number of nitrogens with one attached hydrogen (secondary N) is 2. The van der Waals surface area contributed by atoms with E-state index in [9.17, 15) is 9.59 Å². The third kappa shape index (κ3) is 2.97. The highest BCUT2D eigenvalue weighted by molar-refractivity contribution is 9.10. The number of carbonyl (C=O) groups is 2. The van der Waals surface area contributed by atoms with Crippen LogP contribution in [0.25, 0.3) is 5.69 Å². The third-order valence-corrected chi connectivity index (χ3v) is 3.93. The molecule has 3 rings (SSSR count). The van der Waals surface area contributed by atoms with Gasteiger partial charge in [-0.1, -0.05) is 12.1 Å². The van der Waals surface area contributed by atoms with Gasteiger partial charge in [-0.3, -0.25) is 9.59 Å². The minimum Gasteiger partial charge on any atom is -0.344 e. The van der Waals surface area contributed by atoms with Crippen molar-refractivity contribution in [3.63, 3.8) is 0 Å². The van der Waals surface area contributed by atoms with Crippen LogP contribution in [0.2, 0.25) is 0 Å². The van der Waals surface area contributed by atoms with Crippen molar-refractivity contribution < 1.29 is 9.59 Å². The fraction of sp³-hybridized carbons (Fsp3) is 0.214. The highest BCUT2D eigenvalue weighted by Crippen LogP contribution is 2.21. The molecule has 1 aromatic heterocycles. The number of carbonyl (C=O) groups excluding carboxylic acids is 2. The van der Waals surface area contributed by atoms with E-state index in [1.165, 1.54) is 0 Å². The van der Waals surface area contributed by atoms with E-state index >= 15 is 0 Å². The number of para-hydroxylation sites is 1. The number of nitrogens with zero attached hydrogens (tertiary/aromatic N) is 2. The van der Waals surface area contributed by atoms with Crippen LogP contribution in [-0.2, 0) is 9.59 Å². The first-order valence-corrected chi connectivity index (χ1v) is 7.32. The van der Waals surface area contributed by atoms with Gasteiger partial charge in [0.25, 0.3) is 0 Å². The Morgan fingerprint density at radius 2 is 2.24 bits per heavy atom. The number of anilines is 1. The largest absolute Gasteiger partial charge is 0.344 e. The molecule has 7 heteroatoms. The van der Waals surface area contributed by atoms with E-state index in [-0.39, 0.29) is 11.8 Å². The lowest BCUT2D eigenvalue weighted by atomic mass is 10.2. The zero-order valence-corrected chi connectivity index (χ0v) is 12.6. The number of rotatable bonds is 3. The zero-order valence-electron chi connectivity index (χ0n) is 11.0. The first-order valence-electron chi connectivity index (χ1n) is 6.53. The lowest BCUT2D eigenvalue weighted by Crippen LogP contribution is -2.37. The van der Waals surface area contributed by atoms with Gasteiger partial charge in [-0.25, -0.2) is 4.68 Å². The molecular formula is C14H13BrN4O2. The Kier molecular flexibility index (Phi) is 3.74. The molecule has 0 unspecified atom stereocenters. The maximum atomic E-state index is 12.0. The number of hydrogen-bond donors (Lipinski definition) is 2. The monoisotopic (exact) mass is 348 g/mol. The van der Waals surface area contributed by atoms with Gasteiger partial charge in [-0.2, -0.15) is 5.10 Å². The molecule has 1 fully saturated rings. The SMILES string of the molecule is O=C1CC[C@H](C(=O)Nc2cnn(-c3ccccc3Br)c2)N1. The van der Waals surface area contributed by atoms with Gasteiger partial charge in [0.15, 0.2) is 0 Å². The molecule has 2 heterocycles. The van der Waals surface area contributed by atoms with E-state index in [1.54, 1.807) is 17.1 Å². The number of halogens is 1. The van der Waals surface area contributed by atoms with Crippen molar-refractivity contribution in [2.75, 3.05) is 5.32 Å². The summed E-state index contributed by atoms with van der Waals surface area (Å²) < 4.78 is 2.58. The first kappa shape index (κ1) is 13.8. The quantitative estimate of drug-likeness (QED) is 0.888. The Morgan fingerprint density at radius 3 is 2.95 bits per heavy atom. The van der Waals surface area contributed by atoms with Crippen molar-refractivity contribution >= 4 is 33.4 Å². The molecule has 1 saturated heterocycles. The maximum absolute atomic E-state index is 12.0. The smallest absolute Gasteiger partial charge is 0.247 e. The van der Waals surface area contributed by atoms with Gasteiger partial charge in [-0.15, -0.1) is 0 Å². The molecule has 6 nitrogen and oxygen atoms in total. The minimum atomic E-state index is -0.454. The molecule has 0 saturated carbocycles. The van der Waals surface area contributed by atoms with Gasteiger partial charge in [0.1, 0.15) is 6.04 Å². The van der Waals surface area contributed by atoms with Crippen molar-refractivity contribution in [2.45, 2.75) is 18.9 Å². The van der Waals surface area contributed by atoms with E-state index < -0.39 is 6.04 Å². The molecule has 1 aliphatic heterocycles. The van der Waals surface area contributed by atoms with Crippen LogP contribution in [-0.4, -0.2) is 27.6 Å². The topological polar surface area (TPSA) is 76.0 Å². The Morgan fingerprint density at radius 1 is 1.43 bits per heavy atom. The molecule has 0 spiro atoms. The second-order valence-corrected chi connectivity index (χ2v) is 5.63. The van der Waals surface area contributed by atoms with Crippen LogP contribution < -0.4 is 10.6 Å². The summed E-state index contributed by atoms with van der Waals surface area (Å²) in [6, 6.07) is 7.21. The predicted molar refractivity (Wildman–Crippen MR) is 81.1 cm³/mol. The van der Waals surface area contributed by atoms with Crippen LogP contribution in [0.3, 0.4) is 0 Å². The molecule has 1 atom stereocenters. The Labute approximate surface area is 129 Å². The summed E-state index contributed by atoms with van der Waals surface area (Å²) in [6.45, 7) is 0. The van der Waals surface area contributed by atoms with Crippen molar-refractivity contribution in [3.05, 3.63) is 41.1 Å². The van der Waals surface area contributed by atoms with Crippen molar-refractivity contribution in [1.29, 1.82) is 0 Å². The van der Waals surface area contributed by atoms with Gasteiger partial charge >= 0.3 is 0 Å².